The Labute approximate surface area is 173 Å². The van der Waals surface area contributed by atoms with Crippen LogP contribution in [0.5, 0.6) is 5.75 Å². The van der Waals surface area contributed by atoms with Crippen LogP contribution in [-0.4, -0.2) is 41.8 Å². The van der Waals surface area contributed by atoms with Crippen molar-refractivity contribution in [2.24, 2.45) is 5.73 Å². The van der Waals surface area contributed by atoms with E-state index in [9.17, 15) is 19.2 Å². The van der Waals surface area contributed by atoms with Crippen molar-refractivity contribution >= 4 is 29.4 Å². The molecule has 1 fully saturated rings. The number of nitrogens with zero attached hydrogens (tertiary/aromatic N) is 1. The fourth-order valence-electron chi connectivity index (χ4n) is 3.05. The summed E-state index contributed by atoms with van der Waals surface area (Å²) in [5, 5.41) is 5.30. The lowest BCUT2D eigenvalue weighted by Gasteiger charge is -2.13. The van der Waals surface area contributed by atoms with Crippen molar-refractivity contribution in [2.45, 2.75) is 25.4 Å². The summed E-state index contributed by atoms with van der Waals surface area (Å²) in [6.07, 6.45) is 0.222. The molecule has 1 aliphatic heterocycles. The van der Waals surface area contributed by atoms with Gasteiger partial charge in [0.25, 0.3) is 5.91 Å². The Hall–Kier alpha value is -3.88. The fraction of sp³-hybridized carbons (Fsp3) is 0.238. The molecule has 2 aromatic rings. The quantitative estimate of drug-likeness (QED) is 0.570. The molecule has 5 amide bonds. The van der Waals surface area contributed by atoms with Crippen molar-refractivity contribution < 1.29 is 23.9 Å². The zero-order valence-electron chi connectivity index (χ0n) is 16.4. The third-order valence-electron chi connectivity index (χ3n) is 4.72. The molecule has 1 atom stereocenters. The molecule has 0 saturated carbocycles. The van der Waals surface area contributed by atoms with E-state index in [1.54, 1.807) is 43.5 Å². The summed E-state index contributed by atoms with van der Waals surface area (Å²) >= 11 is 0. The molecule has 4 N–H and O–H groups in total. The molecule has 9 heteroatoms. The van der Waals surface area contributed by atoms with Crippen LogP contribution in [0, 0.1) is 0 Å². The first kappa shape index (κ1) is 20.8. The van der Waals surface area contributed by atoms with Gasteiger partial charge in [0, 0.05) is 17.7 Å². The van der Waals surface area contributed by atoms with E-state index in [-0.39, 0.29) is 31.2 Å². The Morgan fingerprint density at radius 3 is 2.37 bits per heavy atom. The second-order valence-corrected chi connectivity index (χ2v) is 6.80. The van der Waals surface area contributed by atoms with Gasteiger partial charge in [-0.05, 0) is 48.4 Å². The van der Waals surface area contributed by atoms with Crippen molar-refractivity contribution in [3.8, 4) is 5.75 Å². The van der Waals surface area contributed by atoms with Crippen LogP contribution in [0.2, 0.25) is 0 Å². The average molecular weight is 410 g/mol. The summed E-state index contributed by atoms with van der Waals surface area (Å²) in [5.41, 5.74) is 6.81. The lowest BCUT2D eigenvalue weighted by molar-refractivity contribution is -0.128. The second kappa shape index (κ2) is 9.08. The molecule has 1 saturated heterocycles. The van der Waals surface area contributed by atoms with Gasteiger partial charge in [-0.3, -0.25) is 19.3 Å². The maximum absolute atomic E-state index is 12.6. The normalized spacial score (nSPS) is 15.6. The standard InChI is InChI=1S/C21H22N4O5/c1-30-16-8-2-13(3-9-16)12-25-20(28)17(24-21(25)29)10-11-18(26)23-15-6-4-14(5-7-15)19(22)27/h2-9,17H,10-12H2,1H3,(H2,22,27)(H,23,26)(H,24,29)/t17-/m0/s1. The summed E-state index contributed by atoms with van der Waals surface area (Å²) in [5.74, 6) is -0.543. The van der Waals surface area contributed by atoms with E-state index in [0.29, 0.717) is 17.0 Å². The Balaban J connectivity index is 1.51. The molecule has 0 spiro atoms. The van der Waals surface area contributed by atoms with Gasteiger partial charge in [0.2, 0.25) is 11.8 Å². The first-order valence-electron chi connectivity index (χ1n) is 9.32. The highest BCUT2D eigenvalue weighted by Crippen LogP contribution is 2.18. The largest absolute Gasteiger partial charge is 0.497 e. The van der Waals surface area contributed by atoms with Crippen LogP contribution in [0.25, 0.3) is 0 Å². The molecule has 0 radical (unpaired) electrons. The summed E-state index contributed by atoms with van der Waals surface area (Å²) in [6.45, 7) is 0.142. The molecule has 30 heavy (non-hydrogen) atoms. The number of rotatable bonds is 8. The maximum Gasteiger partial charge on any atom is 0.325 e. The van der Waals surface area contributed by atoms with E-state index in [0.717, 1.165) is 10.5 Å². The third kappa shape index (κ3) is 4.93. The number of urea groups is 1. The number of nitrogens with one attached hydrogen (secondary N) is 2. The van der Waals surface area contributed by atoms with Crippen LogP contribution < -0.4 is 21.1 Å². The SMILES string of the molecule is COc1ccc(CN2C(=O)N[C@@H](CCC(=O)Nc3ccc(C(N)=O)cc3)C2=O)cc1. The number of hydrogen-bond acceptors (Lipinski definition) is 5. The van der Waals surface area contributed by atoms with E-state index in [4.69, 9.17) is 10.5 Å². The maximum atomic E-state index is 12.6. The number of benzene rings is 2. The number of imide groups is 1. The summed E-state index contributed by atoms with van der Waals surface area (Å²) in [4.78, 5) is 49.1. The smallest absolute Gasteiger partial charge is 0.325 e. The van der Waals surface area contributed by atoms with Crippen LogP contribution in [-0.2, 0) is 16.1 Å². The van der Waals surface area contributed by atoms with Gasteiger partial charge in [-0.2, -0.15) is 0 Å². The number of methoxy groups -OCH3 is 1. The average Bonchev–Trinajstić information content (AvgIpc) is 3.00. The van der Waals surface area contributed by atoms with Crippen LogP contribution in [0.15, 0.2) is 48.5 Å². The molecule has 2 aromatic carbocycles. The predicted molar refractivity (Wildman–Crippen MR) is 109 cm³/mol. The molecule has 1 heterocycles. The van der Waals surface area contributed by atoms with Gasteiger partial charge in [-0.25, -0.2) is 4.79 Å². The summed E-state index contributed by atoms with van der Waals surface area (Å²) < 4.78 is 5.09. The van der Waals surface area contributed by atoms with Gasteiger partial charge in [0.05, 0.1) is 13.7 Å². The zero-order chi connectivity index (χ0) is 21.7. The molecule has 0 aliphatic carbocycles. The highest BCUT2D eigenvalue weighted by atomic mass is 16.5. The van der Waals surface area contributed by atoms with Crippen molar-refractivity contribution in [3.05, 3.63) is 59.7 Å². The van der Waals surface area contributed by atoms with Crippen LogP contribution >= 0.6 is 0 Å². The number of hydrogen-bond donors (Lipinski definition) is 3. The zero-order valence-corrected chi connectivity index (χ0v) is 16.4. The fourth-order valence-corrected chi connectivity index (χ4v) is 3.05. The minimum absolute atomic E-state index is 0.0463. The number of amides is 5. The van der Waals surface area contributed by atoms with E-state index in [2.05, 4.69) is 10.6 Å². The highest BCUT2D eigenvalue weighted by Gasteiger charge is 2.37. The predicted octanol–water partition coefficient (Wildman–Crippen LogP) is 1.63. The molecule has 1 aliphatic rings. The Morgan fingerprint density at radius 1 is 1.10 bits per heavy atom. The number of carbonyl (C=O) groups is 4. The van der Waals surface area contributed by atoms with Crippen LogP contribution in [0.1, 0.15) is 28.8 Å². The third-order valence-corrected chi connectivity index (χ3v) is 4.72. The summed E-state index contributed by atoms with van der Waals surface area (Å²) in [7, 11) is 1.56. The van der Waals surface area contributed by atoms with E-state index >= 15 is 0 Å². The molecule has 156 valence electrons. The van der Waals surface area contributed by atoms with E-state index in [1.165, 1.54) is 12.1 Å². The molecule has 0 aromatic heterocycles. The van der Waals surface area contributed by atoms with Crippen molar-refractivity contribution in [3.63, 3.8) is 0 Å². The van der Waals surface area contributed by atoms with Gasteiger partial charge < -0.3 is 21.1 Å². The van der Waals surface area contributed by atoms with Crippen molar-refractivity contribution in [2.75, 3.05) is 12.4 Å². The second-order valence-electron chi connectivity index (χ2n) is 6.80. The minimum Gasteiger partial charge on any atom is -0.497 e. The lowest BCUT2D eigenvalue weighted by atomic mass is 10.1. The van der Waals surface area contributed by atoms with Crippen molar-refractivity contribution in [1.29, 1.82) is 0 Å². The van der Waals surface area contributed by atoms with E-state index in [1.807, 2.05) is 0 Å². The Bertz CT molecular complexity index is 956. The number of primary amides is 1. The Morgan fingerprint density at radius 2 is 1.77 bits per heavy atom. The molecular formula is C21H22N4O5. The van der Waals surface area contributed by atoms with Gasteiger partial charge in [-0.1, -0.05) is 12.1 Å². The minimum atomic E-state index is -0.751. The molecule has 9 nitrogen and oxygen atoms in total. The first-order chi connectivity index (χ1) is 14.4. The summed E-state index contributed by atoms with van der Waals surface area (Å²) in [6, 6.07) is 12.0. The number of nitrogens with two attached hydrogens (primary N) is 1. The monoisotopic (exact) mass is 410 g/mol. The van der Waals surface area contributed by atoms with Gasteiger partial charge in [0.1, 0.15) is 11.8 Å². The number of ether oxygens (including phenoxy) is 1. The van der Waals surface area contributed by atoms with Crippen LogP contribution in [0.4, 0.5) is 10.5 Å². The molecule has 0 bridgehead atoms. The van der Waals surface area contributed by atoms with Gasteiger partial charge in [0.15, 0.2) is 0 Å². The number of carbonyl (C=O) groups excluding carboxylic acids is 4. The van der Waals surface area contributed by atoms with Crippen LogP contribution in [0.3, 0.4) is 0 Å². The topological polar surface area (TPSA) is 131 Å². The lowest BCUT2D eigenvalue weighted by Crippen LogP contribution is -2.31. The molecular weight excluding hydrogens is 388 g/mol. The van der Waals surface area contributed by atoms with Gasteiger partial charge in [-0.15, -0.1) is 0 Å². The van der Waals surface area contributed by atoms with Gasteiger partial charge >= 0.3 is 6.03 Å². The molecule has 3 rings (SSSR count). The molecule has 0 unspecified atom stereocenters. The van der Waals surface area contributed by atoms with E-state index < -0.39 is 18.0 Å². The first-order valence-corrected chi connectivity index (χ1v) is 9.32. The van der Waals surface area contributed by atoms with Crippen molar-refractivity contribution in [1.82, 2.24) is 10.2 Å². The number of anilines is 1. The Kier molecular flexibility index (Phi) is 6.31. The highest BCUT2D eigenvalue weighted by molar-refractivity contribution is 6.04.